The Hall–Kier alpha value is -1.35. The number of hydrogen-bond acceptors (Lipinski definition) is 2. The van der Waals surface area contributed by atoms with Crippen molar-refractivity contribution in [3.8, 4) is 0 Å². The molecule has 1 unspecified atom stereocenters. The van der Waals surface area contributed by atoms with Crippen molar-refractivity contribution in [2.75, 3.05) is 0 Å². The summed E-state index contributed by atoms with van der Waals surface area (Å²) in [5.41, 5.74) is 3.04. The fourth-order valence-corrected chi connectivity index (χ4v) is 1.69. The molecule has 1 N–H and O–H groups in total. The molecule has 0 aliphatic rings. The number of nitrogens with zero attached hydrogens (tertiary/aromatic N) is 2. The number of hydrogen-bond donors (Lipinski definition) is 1. The quantitative estimate of drug-likeness (QED) is 0.780. The standard InChI is InChI=1S/C11H14N2O/c1-8(14)7-10-9(2)12-11-5-3-4-6-13(10)11/h3-6,8,14H,7H2,1-2H3. The van der Waals surface area contributed by atoms with Crippen LogP contribution in [-0.4, -0.2) is 20.6 Å². The van der Waals surface area contributed by atoms with E-state index in [4.69, 9.17) is 0 Å². The van der Waals surface area contributed by atoms with Crippen LogP contribution in [0, 0.1) is 6.92 Å². The average molecular weight is 190 g/mol. The van der Waals surface area contributed by atoms with E-state index in [1.165, 1.54) is 0 Å². The Labute approximate surface area is 83.0 Å². The zero-order chi connectivity index (χ0) is 10.1. The largest absolute Gasteiger partial charge is 0.393 e. The minimum atomic E-state index is -0.325. The van der Waals surface area contributed by atoms with Gasteiger partial charge in [-0.2, -0.15) is 0 Å². The van der Waals surface area contributed by atoms with Crippen molar-refractivity contribution < 1.29 is 5.11 Å². The molecule has 14 heavy (non-hydrogen) atoms. The maximum absolute atomic E-state index is 9.37. The summed E-state index contributed by atoms with van der Waals surface area (Å²) in [5.74, 6) is 0. The van der Waals surface area contributed by atoms with E-state index < -0.39 is 0 Å². The zero-order valence-corrected chi connectivity index (χ0v) is 8.44. The summed E-state index contributed by atoms with van der Waals surface area (Å²) >= 11 is 0. The van der Waals surface area contributed by atoms with E-state index in [2.05, 4.69) is 4.98 Å². The molecule has 0 spiro atoms. The number of fused-ring (bicyclic) bond motifs is 1. The molecule has 74 valence electrons. The Morgan fingerprint density at radius 2 is 2.29 bits per heavy atom. The van der Waals surface area contributed by atoms with Crippen LogP contribution < -0.4 is 0 Å². The highest BCUT2D eigenvalue weighted by molar-refractivity contribution is 5.42. The second-order valence-electron chi connectivity index (χ2n) is 3.63. The third kappa shape index (κ3) is 1.51. The monoisotopic (exact) mass is 190 g/mol. The molecule has 2 aromatic heterocycles. The third-order valence-electron chi connectivity index (χ3n) is 2.32. The number of rotatable bonds is 2. The first kappa shape index (κ1) is 9.21. The van der Waals surface area contributed by atoms with Crippen molar-refractivity contribution in [2.24, 2.45) is 0 Å². The highest BCUT2D eigenvalue weighted by Crippen LogP contribution is 2.13. The fraction of sp³-hybridized carbons (Fsp3) is 0.364. The van der Waals surface area contributed by atoms with Gasteiger partial charge in [0.25, 0.3) is 0 Å². The van der Waals surface area contributed by atoms with Gasteiger partial charge in [0, 0.05) is 18.3 Å². The normalized spacial score (nSPS) is 13.4. The molecular weight excluding hydrogens is 176 g/mol. The van der Waals surface area contributed by atoms with Crippen LogP contribution in [0.5, 0.6) is 0 Å². The zero-order valence-electron chi connectivity index (χ0n) is 8.44. The molecule has 3 nitrogen and oxygen atoms in total. The van der Waals surface area contributed by atoms with Crippen LogP contribution in [0.4, 0.5) is 0 Å². The summed E-state index contributed by atoms with van der Waals surface area (Å²) in [5, 5.41) is 9.37. The summed E-state index contributed by atoms with van der Waals surface area (Å²) < 4.78 is 2.03. The molecule has 1 atom stereocenters. The minimum Gasteiger partial charge on any atom is -0.393 e. The van der Waals surface area contributed by atoms with Gasteiger partial charge < -0.3 is 9.51 Å². The highest BCUT2D eigenvalue weighted by Gasteiger charge is 2.09. The van der Waals surface area contributed by atoms with Crippen molar-refractivity contribution in [3.05, 3.63) is 35.8 Å². The van der Waals surface area contributed by atoms with Crippen LogP contribution in [0.2, 0.25) is 0 Å². The van der Waals surface area contributed by atoms with Crippen LogP contribution in [0.1, 0.15) is 18.3 Å². The molecule has 0 saturated heterocycles. The molecule has 0 radical (unpaired) electrons. The smallest absolute Gasteiger partial charge is 0.137 e. The van der Waals surface area contributed by atoms with Gasteiger partial charge in [-0.1, -0.05) is 6.07 Å². The number of aryl methyl sites for hydroxylation is 1. The van der Waals surface area contributed by atoms with Crippen molar-refractivity contribution in [2.45, 2.75) is 26.4 Å². The van der Waals surface area contributed by atoms with E-state index in [9.17, 15) is 5.11 Å². The van der Waals surface area contributed by atoms with Gasteiger partial charge in [-0.25, -0.2) is 4.98 Å². The molecule has 0 saturated carbocycles. The average Bonchev–Trinajstić information content (AvgIpc) is 2.43. The van der Waals surface area contributed by atoms with E-state index in [-0.39, 0.29) is 6.10 Å². The summed E-state index contributed by atoms with van der Waals surface area (Å²) in [6.07, 6.45) is 2.30. The molecule has 0 fully saturated rings. The highest BCUT2D eigenvalue weighted by atomic mass is 16.3. The topological polar surface area (TPSA) is 37.5 Å². The first-order chi connectivity index (χ1) is 6.68. The van der Waals surface area contributed by atoms with Gasteiger partial charge in [-0.05, 0) is 26.0 Å². The van der Waals surface area contributed by atoms with Crippen LogP contribution in [0.25, 0.3) is 5.65 Å². The number of pyridine rings is 1. The Kier molecular flexibility index (Phi) is 2.25. The summed E-state index contributed by atoms with van der Waals surface area (Å²) in [6, 6.07) is 5.91. The van der Waals surface area contributed by atoms with Crippen LogP contribution in [0.15, 0.2) is 24.4 Å². The maximum atomic E-state index is 9.37. The molecule has 2 rings (SSSR count). The summed E-state index contributed by atoms with van der Waals surface area (Å²) in [6.45, 7) is 3.77. The van der Waals surface area contributed by atoms with E-state index in [1.807, 2.05) is 35.7 Å². The van der Waals surface area contributed by atoms with Crippen molar-refractivity contribution in [1.82, 2.24) is 9.38 Å². The van der Waals surface area contributed by atoms with Gasteiger partial charge in [-0.15, -0.1) is 0 Å². The second-order valence-corrected chi connectivity index (χ2v) is 3.63. The Morgan fingerprint density at radius 1 is 1.50 bits per heavy atom. The van der Waals surface area contributed by atoms with E-state index in [1.54, 1.807) is 6.92 Å². The first-order valence-electron chi connectivity index (χ1n) is 4.79. The van der Waals surface area contributed by atoms with Crippen LogP contribution in [0.3, 0.4) is 0 Å². The fourth-order valence-electron chi connectivity index (χ4n) is 1.69. The molecule has 2 heterocycles. The van der Waals surface area contributed by atoms with E-state index in [0.29, 0.717) is 6.42 Å². The van der Waals surface area contributed by atoms with Crippen molar-refractivity contribution >= 4 is 5.65 Å². The lowest BCUT2D eigenvalue weighted by Gasteiger charge is -2.04. The van der Waals surface area contributed by atoms with E-state index in [0.717, 1.165) is 17.0 Å². The lowest BCUT2D eigenvalue weighted by atomic mass is 10.2. The van der Waals surface area contributed by atoms with Gasteiger partial charge >= 0.3 is 0 Å². The third-order valence-corrected chi connectivity index (χ3v) is 2.32. The van der Waals surface area contributed by atoms with Gasteiger partial charge in [0.15, 0.2) is 0 Å². The Bertz CT molecular complexity index is 445. The second kappa shape index (κ2) is 3.42. The van der Waals surface area contributed by atoms with Crippen molar-refractivity contribution in [1.29, 1.82) is 0 Å². The van der Waals surface area contributed by atoms with Gasteiger partial charge in [-0.3, -0.25) is 0 Å². The van der Waals surface area contributed by atoms with E-state index >= 15 is 0 Å². The lowest BCUT2D eigenvalue weighted by molar-refractivity contribution is 0.193. The molecule has 0 bridgehead atoms. The predicted octanol–water partition coefficient (Wildman–Crippen LogP) is 1.57. The van der Waals surface area contributed by atoms with Crippen molar-refractivity contribution in [3.63, 3.8) is 0 Å². The Balaban J connectivity index is 2.56. The number of imidazole rings is 1. The maximum Gasteiger partial charge on any atom is 0.137 e. The summed E-state index contributed by atoms with van der Waals surface area (Å²) in [4.78, 5) is 4.42. The SMILES string of the molecule is Cc1nc2ccccn2c1CC(C)O. The van der Waals surface area contributed by atoms with Crippen LogP contribution >= 0.6 is 0 Å². The molecular formula is C11H14N2O. The Morgan fingerprint density at radius 3 is 3.00 bits per heavy atom. The number of aliphatic hydroxyl groups is 1. The molecule has 3 heteroatoms. The number of aromatic nitrogens is 2. The lowest BCUT2D eigenvalue weighted by Crippen LogP contribution is -2.07. The summed E-state index contributed by atoms with van der Waals surface area (Å²) in [7, 11) is 0. The predicted molar refractivity (Wildman–Crippen MR) is 55.3 cm³/mol. The van der Waals surface area contributed by atoms with Gasteiger partial charge in [0.1, 0.15) is 5.65 Å². The number of aliphatic hydroxyl groups excluding tert-OH is 1. The molecule has 0 aliphatic heterocycles. The minimum absolute atomic E-state index is 0.325. The first-order valence-corrected chi connectivity index (χ1v) is 4.79. The molecule has 0 aliphatic carbocycles. The van der Waals surface area contributed by atoms with Gasteiger partial charge in [0.2, 0.25) is 0 Å². The molecule has 2 aromatic rings. The van der Waals surface area contributed by atoms with Gasteiger partial charge in [0.05, 0.1) is 11.8 Å². The van der Waals surface area contributed by atoms with Crippen LogP contribution in [-0.2, 0) is 6.42 Å². The molecule has 0 amide bonds. The molecule has 0 aromatic carbocycles.